The Morgan fingerprint density at radius 2 is 2.25 bits per heavy atom. The van der Waals surface area contributed by atoms with Crippen molar-refractivity contribution < 1.29 is 4.79 Å². The number of carbonyl (C=O) groups is 1. The largest absolute Gasteiger partial charge is 0.373 e. The number of anilines is 1. The lowest BCUT2D eigenvalue weighted by Gasteiger charge is -2.14. The molecule has 0 saturated carbocycles. The van der Waals surface area contributed by atoms with Crippen molar-refractivity contribution in [3.8, 4) is 0 Å². The van der Waals surface area contributed by atoms with Crippen molar-refractivity contribution >= 4 is 11.7 Å². The number of primary amides is 1. The van der Waals surface area contributed by atoms with Crippen molar-refractivity contribution in [3.05, 3.63) is 17.6 Å². The molecule has 0 unspecified atom stereocenters. The van der Waals surface area contributed by atoms with Crippen molar-refractivity contribution in [1.29, 1.82) is 0 Å². The smallest absolute Gasteiger partial charge is 0.231 e. The molecule has 0 spiro atoms. The van der Waals surface area contributed by atoms with Crippen LogP contribution in [0.5, 0.6) is 0 Å². The highest BCUT2D eigenvalue weighted by atomic mass is 16.1. The van der Waals surface area contributed by atoms with Crippen LogP contribution in [0.15, 0.2) is 6.07 Å². The third-order valence-corrected chi connectivity index (χ3v) is 1.99. The Kier molecular flexibility index (Phi) is 4.19. The molecule has 0 aliphatic heterocycles. The second-order valence-corrected chi connectivity index (χ2v) is 3.70. The van der Waals surface area contributed by atoms with Gasteiger partial charge in [-0.1, -0.05) is 0 Å². The van der Waals surface area contributed by atoms with Gasteiger partial charge >= 0.3 is 0 Å². The fraction of sp³-hybridized carbons (Fsp3) is 0.500. The topological polar surface area (TPSA) is 84.1 Å². The Labute approximate surface area is 94.9 Å². The number of nitrogens with zero attached hydrogens (tertiary/aromatic N) is 3. The SMILES string of the molecule is CNc1cc(C)nc(CN(C)CC(N)=O)n1. The van der Waals surface area contributed by atoms with E-state index in [-0.39, 0.29) is 12.5 Å². The summed E-state index contributed by atoms with van der Waals surface area (Å²) in [6.07, 6.45) is 0. The Hall–Kier alpha value is -1.69. The van der Waals surface area contributed by atoms with Gasteiger partial charge in [0, 0.05) is 18.8 Å². The summed E-state index contributed by atoms with van der Waals surface area (Å²) in [4.78, 5) is 21.1. The zero-order chi connectivity index (χ0) is 12.1. The van der Waals surface area contributed by atoms with Crippen molar-refractivity contribution in [2.45, 2.75) is 13.5 Å². The molecule has 6 heteroatoms. The molecule has 0 aliphatic rings. The van der Waals surface area contributed by atoms with Gasteiger partial charge in [-0.15, -0.1) is 0 Å². The molecule has 0 bridgehead atoms. The number of nitrogens with one attached hydrogen (secondary N) is 1. The molecule has 16 heavy (non-hydrogen) atoms. The van der Waals surface area contributed by atoms with E-state index < -0.39 is 0 Å². The first kappa shape index (κ1) is 12.4. The zero-order valence-corrected chi connectivity index (χ0v) is 9.82. The number of aromatic nitrogens is 2. The summed E-state index contributed by atoms with van der Waals surface area (Å²) in [5, 5.41) is 2.96. The standard InChI is InChI=1S/C10H17N5O/c1-7-4-9(12-2)14-10(13-7)6-15(3)5-8(11)16/h4H,5-6H2,1-3H3,(H2,11,16)(H,12,13,14). The molecule has 0 atom stereocenters. The summed E-state index contributed by atoms with van der Waals surface area (Å²) < 4.78 is 0. The zero-order valence-electron chi connectivity index (χ0n) is 9.82. The minimum atomic E-state index is -0.357. The monoisotopic (exact) mass is 223 g/mol. The maximum absolute atomic E-state index is 10.7. The van der Waals surface area contributed by atoms with Gasteiger partial charge < -0.3 is 11.1 Å². The predicted octanol–water partition coefficient (Wildman–Crippen LogP) is -0.256. The van der Waals surface area contributed by atoms with Crippen LogP contribution in [-0.4, -0.2) is 41.4 Å². The van der Waals surface area contributed by atoms with Gasteiger partial charge in [0.15, 0.2) is 0 Å². The Morgan fingerprint density at radius 1 is 1.56 bits per heavy atom. The molecule has 1 heterocycles. The van der Waals surface area contributed by atoms with E-state index in [0.717, 1.165) is 11.5 Å². The number of aryl methyl sites for hydroxylation is 1. The molecule has 1 aromatic heterocycles. The van der Waals surface area contributed by atoms with Crippen LogP contribution in [0.3, 0.4) is 0 Å². The Balaban J connectivity index is 2.72. The lowest BCUT2D eigenvalue weighted by molar-refractivity contribution is -0.118. The summed E-state index contributed by atoms with van der Waals surface area (Å²) in [5.41, 5.74) is 5.99. The molecule has 3 N–H and O–H groups in total. The summed E-state index contributed by atoms with van der Waals surface area (Å²) >= 11 is 0. The van der Waals surface area contributed by atoms with Crippen LogP contribution in [0.2, 0.25) is 0 Å². The molecule has 0 radical (unpaired) electrons. The van der Waals surface area contributed by atoms with Gasteiger partial charge in [-0.2, -0.15) is 0 Å². The number of likely N-dealkylation sites (N-methyl/N-ethyl adjacent to an activating group) is 1. The summed E-state index contributed by atoms with van der Waals surface area (Å²) in [6, 6.07) is 1.86. The maximum atomic E-state index is 10.7. The van der Waals surface area contributed by atoms with E-state index in [1.165, 1.54) is 0 Å². The lowest BCUT2D eigenvalue weighted by atomic mass is 10.4. The third kappa shape index (κ3) is 3.82. The average molecular weight is 223 g/mol. The fourth-order valence-electron chi connectivity index (χ4n) is 1.39. The van der Waals surface area contributed by atoms with Crippen molar-refractivity contribution in [3.63, 3.8) is 0 Å². The predicted molar refractivity (Wildman–Crippen MR) is 61.8 cm³/mol. The van der Waals surface area contributed by atoms with E-state index in [2.05, 4.69) is 15.3 Å². The number of amides is 1. The maximum Gasteiger partial charge on any atom is 0.231 e. The van der Waals surface area contributed by atoms with E-state index in [4.69, 9.17) is 5.73 Å². The second kappa shape index (κ2) is 5.41. The van der Waals surface area contributed by atoms with Crippen LogP contribution in [0.25, 0.3) is 0 Å². The molecular weight excluding hydrogens is 206 g/mol. The van der Waals surface area contributed by atoms with Gasteiger partial charge in [0.25, 0.3) is 0 Å². The van der Waals surface area contributed by atoms with Crippen molar-refractivity contribution in [1.82, 2.24) is 14.9 Å². The highest BCUT2D eigenvalue weighted by Gasteiger charge is 2.07. The quantitative estimate of drug-likeness (QED) is 0.718. The molecule has 6 nitrogen and oxygen atoms in total. The van der Waals surface area contributed by atoms with E-state index >= 15 is 0 Å². The third-order valence-electron chi connectivity index (χ3n) is 1.99. The molecule has 1 amide bonds. The minimum Gasteiger partial charge on any atom is -0.373 e. The first-order valence-electron chi connectivity index (χ1n) is 5.00. The average Bonchev–Trinajstić information content (AvgIpc) is 2.14. The van der Waals surface area contributed by atoms with E-state index in [0.29, 0.717) is 12.4 Å². The van der Waals surface area contributed by atoms with Crippen LogP contribution >= 0.6 is 0 Å². The number of hydrogen-bond donors (Lipinski definition) is 2. The molecule has 0 saturated heterocycles. The van der Waals surface area contributed by atoms with Crippen LogP contribution in [0, 0.1) is 6.92 Å². The fourth-order valence-corrected chi connectivity index (χ4v) is 1.39. The van der Waals surface area contributed by atoms with Crippen LogP contribution in [-0.2, 0) is 11.3 Å². The molecular formula is C10H17N5O. The van der Waals surface area contributed by atoms with E-state index in [9.17, 15) is 4.79 Å². The molecule has 1 aromatic rings. The van der Waals surface area contributed by atoms with Gasteiger partial charge in [0.1, 0.15) is 11.6 Å². The lowest BCUT2D eigenvalue weighted by Crippen LogP contribution is -2.30. The molecule has 1 rings (SSSR count). The highest BCUT2D eigenvalue weighted by Crippen LogP contribution is 2.06. The minimum absolute atomic E-state index is 0.201. The van der Waals surface area contributed by atoms with Gasteiger partial charge in [-0.3, -0.25) is 9.69 Å². The molecule has 0 aliphatic carbocycles. The highest BCUT2D eigenvalue weighted by molar-refractivity contribution is 5.75. The Bertz CT molecular complexity index is 379. The molecule has 0 aromatic carbocycles. The number of hydrogen-bond acceptors (Lipinski definition) is 5. The van der Waals surface area contributed by atoms with Crippen LogP contribution < -0.4 is 11.1 Å². The first-order chi connectivity index (χ1) is 7.51. The number of rotatable bonds is 5. The van der Waals surface area contributed by atoms with Gasteiger partial charge in [-0.05, 0) is 14.0 Å². The van der Waals surface area contributed by atoms with E-state index in [1.54, 1.807) is 19.0 Å². The summed E-state index contributed by atoms with van der Waals surface area (Å²) in [5.74, 6) is 1.09. The number of nitrogens with two attached hydrogens (primary N) is 1. The second-order valence-electron chi connectivity index (χ2n) is 3.70. The molecule has 88 valence electrons. The van der Waals surface area contributed by atoms with Crippen molar-refractivity contribution in [2.24, 2.45) is 5.73 Å². The normalized spacial score (nSPS) is 10.5. The molecule has 0 fully saturated rings. The van der Waals surface area contributed by atoms with Gasteiger partial charge in [0.2, 0.25) is 5.91 Å². The van der Waals surface area contributed by atoms with Gasteiger partial charge in [0.05, 0.1) is 13.1 Å². The Morgan fingerprint density at radius 3 is 2.81 bits per heavy atom. The van der Waals surface area contributed by atoms with Crippen molar-refractivity contribution in [2.75, 3.05) is 26.0 Å². The first-order valence-corrected chi connectivity index (χ1v) is 5.00. The summed E-state index contributed by atoms with van der Waals surface area (Å²) in [7, 11) is 3.61. The summed E-state index contributed by atoms with van der Waals surface area (Å²) in [6.45, 7) is 2.60. The van der Waals surface area contributed by atoms with Gasteiger partial charge in [-0.25, -0.2) is 9.97 Å². The van der Waals surface area contributed by atoms with Crippen LogP contribution in [0.4, 0.5) is 5.82 Å². The van der Waals surface area contributed by atoms with E-state index in [1.807, 2.05) is 13.0 Å². The van der Waals surface area contributed by atoms with Crippen LogP contribution in [0.1, 0.15) is 11.5 Å². The number of carbonyl (C=O) groups excluding carboxylic acids is 1.